The van der Waals surface area contributed by atoms with Gasteiger partial charge in [0.1, 0.15) is 11.6 Å². The lowest BCUT2D eigenvalue weighted by Crippen LogP contribution is -2.12. The summed E-state index contributed by atoms with van der Waals surface area (Å²) in [4.78, 5) is 18.1. The Bertz CT molecular complexity index is 915. The predicted molar refractivity (Wildman–Crippen MR) is 89.0 cm³/mol. The molecule has 118 valence electrons. The first-order valence-corrected chi connectivity index (χ1v) is 7.43. The number of fused-ring (bicyclic) bond motifs is 1. The van der Waals surface area contributed by atoms with Gasteiger partial charge >= 0.3 is 0 Å². The van der Waals surface area contributed by atoms with Gasteiger partial charge in [-0.05, 0) is 55.5 Å². The normalized spacial score (nSPS) is 10.7. The van der Waals surface area contributed by atoms with E-state index in [0.29, 0.717) is 33.8 Å². The topological polar surface area (TPSA) is 69.9 Å². The molecule has 0 bridgehead atoms. The second kappa shape index (κ2) is 6.21. The minimum Gasteiger partial charge on any atom is -0.494 e. The van der Waals surface area contributed by atoms with Crippen molar-refractivity contribution in [1.29, 1.82) is 0 Å². The number of carbonyl (C=O) groups excluding carboxylic acids is 1. The molecule has 0 atom stereocenters. The van der Waals surface area contributed by atoms with E-state index in [1.807, 2.05) is 6.92 Å². The first-order valence-electron chi connectivity index (χ1n) is 7.02. The number of aromatic amines is 2. The Labute approximate surface area is 136 Å². The molecule has 2 aromatic carbocycles. The van der Waals surface area contributed by atoms with E-state index in [0.717, 1.165) is 0 Å². The molecule has 1 aromatic heterocycles. The fourth-order valence-corrected chi connectivity index (χ4v) is 2.50. The second-order valence-corrected chi connectivity index (χ2v) is 5.27. The minimum atomic E-state index is -0.514. The summed E-state index contributed by atoms with van der Waals surface area (Å²) in [6, 6.07) is 9.41. The average Bonchev–Trinajstić information content (AvgIpc) is 2.88. The smallest absolute Gasteiger partial charge is 0.257 e. The van der Waals surface area contributed by atoms with Crippen LogP contribution in [-0.2, 0) is 0 Å². The third-order valence-corrected chi connectivity index (χ3v) is 3.46. The number of imidazole rings is 1. The van der Waals surface area contributed by atoms with Gasteiger partial charge < -0.3 is 20.0 Å². The monoisotopic (exact) mass is 331 g/mol. The van der Waals surface area contributed by atoms with Crippen LogP contribution in [0.2, 0.25) is 0 Å². The lowest BCUT2D eigenvalue weighted by Gasteiger charge is -2.08. The molecule has 5 nitrogen and oxygen atoms in total. The highest BCUT2D eigenvalue weighted by Crippen LogP contribution is 2.21. The van der Waals surface area contributed by atoms with E-state index in [4.69, 9.17) is 17.0 Å². The van der Waals surface area contributed by atoms with E-state index in [9.17, 15) is 9.18 Å². The fourth-order valence-electron chi connectivity index (χ4n) is 2.29. The number of carbonyl (C=O) groups is 1. The Morgan fingerprint density at radius 3 is 2.70 bits per heavy atom. The Balaban J connectivity index is 1.90. The molecule has 0 radical (unpaired) electrons. The van der Waals surface area contributed by atoms with Crippen LogP contribution in [0.15, 0.2) is 36.4 Å². The molecular weight excluding hydrogens is 317 g/mol. The van der Waals surface area contributed by atoms with E-state index < -0.39 is 11.7 Å². The molecule has 0 fully saturated rings. The van der Waals surface area contributed by atoms with Crippen molar-refractivity contribution in [3.05, 3.63) is 52.5 Å². The Hall–Kier alpha value is -2.67. The van der Waals surface area contributed by atoms with Gasteiger partial charge in [0.2, 0.25) is 0 Å². The van der Waals surface area contributed by atoms with Gasteiger partial charge in [0.15, 0.2) is 4.77 Å². The van der Waals surface area contributed by atoms with Crippen LogP contribution in [0, 0.1) is 10.6 Å². The third-order valence-electron chi connectivity index (χ3n) is 3.26. The first-order chi connectivity index (χ1) is 11.1. The number of anilines is 1. The zero-order valence-corrected chi connectivity index (χ0v) is 13.1. The zero-order chi connectivity index (χ0) is 16.4. The fraction of sp³-hybridized carbons (Fsp3) is 0.125. The number of hydrogen-bond donors (Lipinski definition) is 3. The van der Waals surface area contributed by atoms with E-state index in [2.05, 4.69) is 15.3 Å². The molecule has 0 saturated heterocycles. The van der Waals surface area contributed by atoms with Gasteiger partial charge in [-0.15, -0.1) is 0 Å². The van der Waals surface area contributed by atoms with Crippen molar-refractivity contribution >= 4 is 34.8 Å². The van der Waals surface area contributed by atoms with Gasteiger partial charge in [0.05, 0.1) is 23.2 Å². The van der Waals surface area contributed by atoms with E-state index in [1.165, 1.54) is 12.1 Å². The summed E-state index contributed by atoms with van der Waals surface area (Å²) >= 11 is 4.99. The molecule has 0 aliphatic carbocycles. The summed E-state index contributed by atoms with van der Waals surface area (Å²) in [6.45, 7) is 2.46. The van der Waals surface area contributed by atoms with E-state index >= 15 is 0 Å². The largest absolute Gasteiger partial charge is 0.494 e. The second-order valence-electron chi connectivity index (χ2n) is 4.87. The van der Waals surface area contributed by atoms with Crippen molar-refractivity contribution in [2.75, 3.05) is 11.9 Å². The number of halogens is 1. The zero-order valence-electron chi connectivity index (χ0n) is 12.3. The summed E-state index contributed by atoms with van der Waals surface area (Å²) in [5.41, 5.74) is 1.69. The molecule has 0 spiro atoms. The van der Waals surface area contributed by atoms with Crippen molar-refractivity contribution in [2.24, 2.45) is 0 Å². The van der Waals surface area contributed by atoms with Crippen molar-refractivity contribution in [1.82, 2.24) is 9.97 Å². The summed E-state index contributed by atoms with van der Waals surface area (Å²) in [5, 5.41) is 2.73. The molecule has 23 heavy (non-hydrogen) atoms. The maximum atomic E-state index is 13.7. The van der Waals surface area contributed by atoms with Gasteiger partial charge in [-0.25, -0.2) is 4.39 Å². The van der Waals surface area contributed by atoms with Crippen LogP contribution in [0.25, 0.3) is 11.0 Å². The quantitative estimate of drug-likeness (QED) is 0.633. The number of hydrogen-bond acceptors (Lipinski definition) is 3. The lowest BCUT2D eigenvalue weighted by atomic mass is 10.1. The summed E-state index contributed by atoms with van der Waals surface area (Å²) in [5.74, 6) is -0.225. The standard InChI is InChI=1S/C16H14FN3O2S/c1-2-22-11-5-3-10(4-6-11)18-15(21)12-7-9(17)8-13-14(12)20-16(23)19-13/h3-8H,2H2,1H3,(H,18,21)(H2,19,20,23). The molecule has 3 aromatic rings. The summed E-state index contributed by atoms with van der Waals surface area (Å²) in [6.07, 6.45) is 0. The van der Waals surface area contributed by atoms with Gasteiger partial charge in [0.25, 0.3) is 5.91 Å². The van der Waals surface area contributed by atoms with Gasteiger partial charge in [-0.2, -0.15) is 0 Å². The van der Waals surface area contributed by atoms with Crippen LogP contribution in [-0.4, -0.2) is 22.5 Å². The minimum absolute atomic E-state index is 0.182. The first kappa shape index (κ1) is 15.2. The highest BCUT2D eigenvalue weighted by Gasteiger charge is 2.14. The average molecular weight is 331 g/mol. The maximum Gasteiger partial charge on any atom is 0.257 e. The SMILES string of the molecule is CCOc1ccc(NC(=O)c2cc(F)cc3[nH]c(=S)[nH]c23)cc1. The molecule has 0 unspecified atom stereocenters. The van der Waals surface area contributed by atoms with Crippen molar-refractivity contribution in [3.8, 4) is 5.75 Å². The number of rotatable bonds is 4. The molecule has 0 saturated carbocycles. The number of aromatic nitrogens is 2. The molecule has 0 aliphatic rings. The molecule has 1 amide bonds. The van der Waals surface area contributed by atoms with E-state index in [1.54, 1.807) is 24.3 Å². The van der Waals surface area contributed by atoms with Crippen LogP contribution in [0.5, 0.6) is 5.75 Å². The molecule has 7 heteroatoms. The summed E-state index contributed by atoms with van der Waals surface area (Å²) in [7, 11) is 0. The van der Waals surface area contributed by atoms with Crippen molar-refractivity contribution < 1.29 is 13.9 Å². The van der Waals surface area contributed by atoms with E-state index in [-0.39, 0.29) is 5.56 Å². The van der Waals surface area contributed by atoms with Crippen LogP contribution < -0.4 is 10.1 Å². The maximum absolute atomic E-state index is 13.7. The van der Waals surface area contributed by atoms with Crippen LogP contribution >= 0.6 is 12.2 Å². The van der Waals surface area contributed by atoms with Gasteiger partial charge in [-0.1, -0.05) is 0 Å². The van der Waals surface area contributed by atoms with Gasteiger partial charge in [-0.3, -0.25) is 4.79 Å². The molecular formula is C16H14FN3O2S. The van der Waals surface area contributed by atoms with Crippen LogP contribution in [0.4, 0.5) is 10.1 Å². The Morgan fingerprint density at radius 2 is 2.00 bits per heavy atom. The highest BCUT2D eigenvalue weighted by molar-refractivity contribution is 7.71. The third kappa shape index (κ3) is 3.24. The molecule has 3 rings (SSSR count). The highest BCUT2D eigenvalue weighted by atomic mass is 32.1. The van der Waals surface area contributed by atoms with Gasteiger partial charge in [0, 0.05) is 5.69 Å². The number of nitrogens with one attached hydrogen (secondary N) is 3. The van der Waals surface area contributed by atoms with Crippen molar-refractivity contribution in [2.45, 2.75) is 6.92 Å². The Morgan fingerprint density at radius 1 is 1.26 bits per heavy atom. The number of H-pyrrole nitrogens is 2. The molecule has 1 heterocycles. The number of amides is 1. The van der Waals surface area contributed by atoms with Crippen LogP contribution in [0.1, 0.15) is 17.3 Å². The van der Waals surface area contributed by atoms with Crippen molar-refractivity contribution in [3.63, 3.8) is 0 Å². The van der Waals surface area contributed by atoms with Crippen LogP contribution in [0.3, 0.4) is 0 Å². The Kier molecular flexibility index (Phi) is 4.12. The summed E-state index contributed by atoms with van der Waals surface area (Å²) < 4.78 is 19.4. The number of benzene rings is 2. The number of ether oxygens (including phenoxy) is 1. The predicted octanol–water partition coefficient (Wildman–Crippen LogP) is 4.02. The lowest BCUT2D eigenvalue weighted by molar-refractivity contribution is 0.102. The molecule has 3 N–H and O–H groups in total. The molecule has 0 aliphatic heterocycles.